The number of nitrogens with one attached hydrogen (secondary N) is 1. The van der Waals surface area contributed by atoms with Gasteiger partial charge in [0.25, 0.3) is 5.91 Å². The van der Waals surface area contributed by atoms with Crippen molar-refractivity contribution in [2.45, 2.75) is 26.2 Å². The van der Waals surface area contributed by atoms with E-state index in [-0.39, 0.29) is 5.91 Å². The summed E-state index contributed by atoms with van der Waals surface area (Å²) in [6.45, 7) is 4.43. The van der Waals surface area contributed by atoms with Gasteiger partial charge < -0.3 is 5.32 Å². The molecule has 2 rings (SSSR count). The highest BCUT2D eigenvalue weighted by Gasteiger charge is 2.11. The second-order valence-electron chi connectivity index (χ2n) is 5.06. The van der Waals surface area contributed by atoms with Crippen LogP contribution in [0.2, 0.25) is 0 Å². The van der Waals surface area contributed by atoms with Crippen molar-refractivity contribution in [2.75, 3.05) is 7.05 Å². The lowest BCUT2D eigenvalue weighted by atomic mass is 9.89. The first kappa shape index (κ1) is 14.3. The van der Waals surface area contributed by atoms with Crippen molar-refractivity contribution in [2.24, 2.45) is 0 Å². The molecule has 20 heavy (non-hydrogen) atoms. The van der Waals surface area contributed by atoms with Crippen LogP contribution in [0.3, 0.4) is 0 Å². The van der Waals surface area contributed by atoms with E-state index >= 15 is 0 Å². The van der Waals surface area contributed by atoms with E-state index in [0.29, 0.717) is 11.5 Å². The zero-order valence-corrected chi connectivity index (χ0v) is 12.3. The molecule has 1 amide bonds. The van der Waals surface area contributed by atoms with Crippen LogP contribution in [0.25, 0.3) is 11.1 Å². The van der Waals surface area contributed by atoms with Gasteiger partial charge in [-0.1, -0.05) is 50.2 Å². The number of amides is 1. The molecule has 1 unspecified atom stereocenters. The van der Waals surface area contributed by atoms with Gasteiger partial charge in [-0.25, -0.2) is 0 Å². The summed E-state index contributed by atoms with van der Waals surface area (Å²) in [6, 6.07) is 16.2. The maximum absolute atomic E-state index is 11.8. The Kier molecular flexibility index (Phi) is 4.57. The number of benzene rings is 2. The molecule has 2 heteroatoms. The summed E-state index contributed by atoms with van der Waals surface area (Å²) in [5.74, 6) is 0.461. The molecule has 1 atom stereocenters. The highest BCUT2D eigenvalue weighted by Crippen LogP contribution is 2.31. The fourth-order valence-electron chi connectivity index (χ4n) is 2.38. The topological polar surface area (TPSA) is 29.1 Å². The maximum atomic E-state index is 11.8. The Morgan fingerprint density at radius 1 is 1.15 bits per heavy atom. The third-order valence-corrected chi connectivity index (χ3v) is 3.77. The Labute approximate surface area is 120 Å². The zero-order valence-electron chi connectivity index (χ0n) is 12.3. The third-order valence-electron chi connectivity index (χ3n) is 3.77. The Balaban J connectivity index is 2.49. The quantitative estimate of drug-likeness (QED) is 0.882. The summed E-state index contributed by atoms with van der Waals surface area (Å²) in [5.41, 5.74) is 4.35. The van der Waals surface area contributed by atoms with Gasteiger partial charge in [-0.15, -0.1) is 0 Å². The van der Waals surface area contributed by atoms with Crippen LogP contribution in [-0.2, 0) is 0 Å². The van der Waals surface area contributed by atoms with Crippen LogP contribution < -0.4 is 5.32 Å². The van der Waals surface area contributed by atoms with Crippen LogP contribution >= 0.6 is 0 Å². The number of hydrogen-bond donors (Lipinski definition) is 1. The lowest BCUT2D eigenvalue weighted by molar-refractivity contribution is 0.0963. The van der Waals surface area contributed by atoms with E-state index in [1.54, 1.807) is 7.05 Å². The molecule has 0 aromatic heterocycles. The minimum atomic E-state index is -0.0483. The van der Waals surface area contributed by atoms with Crippen molar-refractivity contribution in [1.82, 2.24) is 5.32 Å². The molecule has 0 spiro atoms. The minimum Gasteiger partial charge on any atom is -0.355 e. The smallest absolute Gasteiger partial charge is 0.251 e. The monoisotopic (exact) mass is 267 g/mol. The molecule has 2 aromatic carbocycles. The van der Waals surface area contributed by atoms with Gasteiger partial charge in [-0.3, -0.25) is 4.79 Å². The lowest BCUT2D eigenvalue weighted by Gasteiger charge is -2.15. The molecular formula is C18H21NO. The maximum Gasteiger partial charge on any atom is 0.251 e. The van der Waals surface area contributed by atoms with Crippen LogP contribution in [0.1, 0.15) is 42.1 Å². The first-order valence-corrected chi connectivity index (χ1v) is 7.08. The van der Waals surface area contributed by atoms with Crippen LogP contribution in [0, 0.1) is 0 Å². The van der Waals surface area contributed by atoms with Crippen molar-refractivity contribution in [3.8, 4) is 11.1 Å². The van der Waals surface area contributed by atoms with Gasteiger partial charge >= 0.3 is 0 Å². The summed E-state index contributed by atoms with van der Waals surface area (Å²) >= 11 is 0. The molecule has 0 heterocycles. The van der Waals surface area contributed by atoms with Crippen LogP contribution in [0.4, 0.5) is 0 Å². The molecule has 0 aliphatic heterocycles. The standard InChI is InChI=1S/C18H21NO/c1-4-13(2)16-10-5-6-11-17(16)14-8-7-9-15(12-14)18(20)19-3/h5-13H,4H2,1-3H3,(H,19,20). The largest absolute Gasteiger partial charge is 0.355 e. The molecule has 0 bridgehead atoms. The van der Waals surface area contributed by atoms with Crippen molar-refractivity contribution >= 4 is 5.91 Å². The number of carbonyl (C=O) groups is 1. The number of carbonyl (C=O) groups excluding carboxylic acids is 1. The van der Waals surface area contributed by atoms with E-state index in [1.807, 2.05) is 24.3 Å². The van der Waals surface area contributed by atoms with Crippen LogP contribution in [-0.4, -0.2) is 13.0 Å². The molecule has 2 aromatic rings. The molecule has 0 aliphatic rings. The second-order valence-corrected chi connectivity index (χ2v) is 5.06. The van der Waals surface area contributed by atoms with Gasteiger partial charge in [-0.2, -0.15) is 0 Å². The van der Waals surface area contributed by atoms with Crippen molar-refractivity contribution in [3.63, 3.8) is 0 Å². The van der Waals surface area contributed by atoms with E-state index in [2.05, 4.69) is 43.4 Å². The Hall–Kier alpha value is -2.09. The van der Waals surface area contributed by atoms with E-state index in [1.165, 1.54) is 11.1 Å². The molecular weight excluding hydrogens is 246 g/mol. The number of rotatable bonds is 4. The van der Waals surface area contributed by atoms with E-state index in [4.69, 9.17) is 0 Å². The minimum absolute atomic E-state index is 0.0483. The highest BCUT2D eigenvalue weighted by atomic mass is 16.1. The lowest BCUT2D eigenvalue weighted by Crippen LogP contribution is -2.17. The van der Waals surface area contributed by atoms with Crippen molar-refractivity contribution < 1.29 is 4.79 Å². The fraction of sp³-hybridized carbons (Fsp3) is 0.278. The van der Waals surface area contributed by atoms with E-state index in [0.717, 1.165) is 12.0 Å². The zero-order chi connectivity index (χ0) is 14.5. The summed E-state index contributed by atoms with van der Waals surface area (Å²) < 4.78 is 0. The fourth-order valence-corrected chi connectivity index (χ4v) is 2.38. The van der Waals surface area contributed by atoms with Gasteiger partial charge in [0.2, 0.25) is 0 Å². The average Bonchev–Trinajstić information content (AvgIpc) is 2.53. The predicted octanol–water partition coefficient (Wildman–Crippen LogP) is 4.23. The van der Waals surface area contributed by atoms with Gasteiger partial charge in [0.05, 0.1) is 0 Å². The molecule has 0 fully saturated rings. The van der Waals surface area contributed by atoms with Crippen LogP contribution in [0.15, 0.2) is 48.5 Å². The molecule has 1 N–H and O–H groups in total. The SMILES string of the molecule is CCC(C)c1ccccc1-c1cccc(C(=O)NC)c1. The summed E-state index contributed by atoms with van der Waals surface area (Å²) in [7, 11) is 1.65. The molecule has 0 aliphatic carbocycles. The second kappa shape index (κ2) is 6.38. The number of hydrogen-bond acceptors (Lipinski definition) is 1. The third kappa shape index (κ3) is 2.90. The predicted molar refractivity (Wildman–Crippen MR) is 84.0 cm³/mol. The van der Waals surface area contributed by atoms with E-state index < -0.39 is 0 Å². The molecule has 104 valence electrons. The summed E-state index contributed by atoms with van der Waals surface area (Å²) in [6.07, 6.45) is 1.10. The van der Waals surface area contributed by atoms with Gasteiger partial charge in [-0.05, 0) is 41.2 Å². The van der Waals surface area contributed by atoms with E-state index in [9.17, 15) is 4.79 Å². The van der Waals surface area contributed by atoms with Crippen LogP contribution in [0.5, 0.6) is 0 Å². The molecule has 0 radical (unpaired) electrons. The Morgan fingerprint density at radius 2 is 1.90 bits per heavy atom. The van der Waals surface area contributed by atoms with Crippen molar-refractivity contribution in [1.29, 1.82) is 0 Å². The first-order valence-electron chi connectivity index (χ1n) is 7.08. The Morgan fingerprint density at radius 3 is 2.60 bits per heavy atom. The first-order chi connectivity index (χ1) is 9.67. The molecule has 0 saturated heterocycles. The average molecular weight is 267 g/mol. The highest BCUT2D eigenvalue weighted by molar-refractivity contribution is 5.95. The Bertz CT molecular complexity index is 604. The molecule has 2 nitrogen and oxygen atoms in total. The molecule has 0 saturated carbocycles. The summed E-state index contributed by atoms with van der Waals surface area (Å²) in [5, 5.41) is 2.67. The van der Waals surface area contributed by atoms with Crippen molar-refractivity contribution in [3.05, 3.63) is 59.7 Å². The van der Waals surface area contributed by atoms with Gasteiger partial charge in [0.15, 0.2) is 0 Å². The van der Waals surface area contributed by atoms with Gasteiger partial charge in [0, 0.05) is 12.6 Å². The normalized spacial score (nSPS) is 11.9. The van der Waals surface area contributed by atoms with Gasteiger partial charge in [0.1, 0.15) is 0 Å². The summed E-state index contributed by atoms with van der Waals surface area (Å²) in [4.78, 5) is 11.8.